The first kappa shape index (κ1) is 18.3. The van der Waals surface area contributed by atoms with Crippen LogP contribution < -0.4 is 0 Å². The zero-order valence-electron chi connectivity index (χ0n) is 14.7. The van der Waals surface area contributed by atoms with E-state index in [2.05, 4.69) is 17.0 Å². The van der Waals surface area contributed by atoms with Gasteiger partial charge >= 0.3 is 0 Å². The van der Waals surface area contributed by atoms with Crippen LogP contribution in [-0.4, -0.2) is 47.7 Å². The summed E-state index contributed by atoms with van der Waals surface area (Å²) in [4.78, 5) is 28.6. The van der Waals surface area contributed by atoms with E-state index in [0.717, 1.165) is 19.6 Å². The van der Waals surface area contributed by atoms with Gasteiger partial charge in [-0.15, -0.1) is 0 Å². The predicted molar refractivity (Wildman–Crippen MR) is 98.3 cm³/mol. The number of Topliss-reactive ketones (excluding diaryl/α,β-unsaturated/α-hetero) is 1. The number of benzene rings is 2. The third kappa shape index (κ3) is 4.76. The van der Waals surface area contributed by atoms with E-state index in [-0.39, 0.29) is 30.1 Å². The molecule has 1 heterocycles. The molecule has 1 fully saturated rings. The van der Waals surface area contributed by atoms with Crippen LogP contribution in [0.3, 0.4) is 0 Å². The molecule has 0 atom stereocenters. The Morgan fingerprint density at radius 3 is 2.19 bits per heavy atom. The van der Waals surface area contributed by atoms with E-state index in [1.165, 1.54) is 17.7 Å². The molecule has 4 nitrogen and oxygen atoms in total. The number of carbonyl (C=O) groups excluding carboxylic acids is 2. The van der Waals surface area contributed by atoms with Gasteiger partial charge in [-0.05, 0) is 17.7 Å². The summed E-state index contributed by atoms with van der Waals surface area (Å²) in [5.74, 6) is -0.882. The molecule has 0 aromatic heterocycles. The maximum Gasteiger partial charge on any atom is 0.223 e. The highest BCUT2D eigenvalue weighted by Crippen LogP contribution is 2.13. The van der Waals surface area contributed by atoms with E-state index >= 15 is 0 Å². The Morgan fingerprint density at radius 1 is 0.846 bits per heavy atom. The van der Waals surface area contributed by atoms with Gasteiger partial charge in [0.2, 0.25) is 5.91 Å². The molecule has 1 aliphatic heterocycles. The Balaban J connectivity index is 1.44. The quantitative estimate of drug-likeness (QED) is 0.749. The molecule has 1 saturated heterocycles. The van der Waals surface area contributed by atoms with Gasteiger partial charge in [0.05, 0.1) is 5.56 Å². The number of amides is 1. The highest BCUT2D eigenvalue weighted by atomic mass is 19.1. The molecule has 0 aliphatic carbocycles. The Hall–Kier alpha value is -2.53. The van der Waals surface area contributed by atoms with Crippen molar-refractivity contribution in [3.05, 3.63) is 71.5 Å². The number of hydrogen-bond donors (Lipinski definition) is 0. The largest absolute Gasteiger partial charge is 0.340 e. The molecule has 0 bridgehead atoms. The van der Waals surface area contributed by atoms with Crippen LogP contribution in [-0.2, 0) is 11.3 Å². The SMILES string of the molecule is O=C(CCC(=O)N1CCN(Cc2ccccc2)CC1)c1ccccc1F. The van der Waals surface area contributed by atoms with Gasteiger partial charge in [-0.25, -0.2) is 4.39 Å². The fraction of sp³-hybridized carbons (Fsp3) is 0.333. The molecule has 136 valence electrons. The number of hydrogen-bond acceptors (Lipinski definition) is 3. The molecule has 0 saturated carbocycles. The van der Waals surface area contributed by atoms with E-state index in [0.29, 0.717) is 13.1 Å². The molecule has 0 unspecified atom stereocenters. The lowest BCUT2D eigenvalue weighted by molar-refractivity contribution is -0.133. The van der Waals surface area contributed by atoms with Crippen LogP contribution in [0.15, 0.2) is 54.6 Å². The van der Waals surface area contributed by atoms with Crippen molar-refractivity contribution >= 4 is 11.7 Å². The Kier molecular flexibility index (Phi) is 6.12. The number of ketones is 1. The molecule has 1 amide bonds. The van der Waals surface area contributed by atoms with Crippen LogP contribution in [0.1, 0.15) is 28.8 Å². The molecule has 5 heteroatoms. The van der Waals surface area contributed by atoms with Gasteiger partial charge in [0.1, 0.15) is 5.82 Å². The van der Waals surface area contributed by atoms with Crippen molar-refractivity contribution < 1.29 is 14.0 Å². The maximum atomic E-state index is 13.6. The first-order valence-electron chi connectivity index (χ1n) is 8.95. The molecule has 1 aliphatic rings. The molecular weight excluding hydrogens is 331 g/mol. The second-order valence-corrected chi connectivity index (χ2v) is 6.55. The molecule has 26 heavy (non-hydrogen) atoms. The van der Waals surface area contributed by atoms with Crippen molar-refractivity contribution in [3.8, 4) is 0 Å². The van der Waals surface area contributed by atoms with E-state index in [1.807, 2.05) is 18.2 Å². The average molecular weight is 354 g/mol. The van der Waals surface area contributed by atoms with Gasteiger partial charge in [0, 0.05) is 45.6 Å². The lowest BCUT2D eigenvalue weighted by Crippen LogP contribution is -2.48. The Labute approximate surface area is 153 Å². The van der Waals surface area contributed by atoms with Crippen LogP contribution in [0.25, 0.3) is 0 Å². The topological polar surface area (TPSA) is 40.6 Å². The minimum absolute atomic E-state index is 0.0333. The number of halogens is 1. The van der Waals surface area contributed by atoms with Crippen LogP contribution in [0.5, 0.6) is 0 Å². The van der Waals surface area contributed by atoms with E-state index < -0.39 is 5.82 Å². The lowest BCUT2D eigenvalue weighted by atomic mass is 10.1. The third-order valence-electron chi connectivity index (χ3n) is 4.71. The molecule has 3 rings (SSSR count). The van der Waals surface area contributed by atoms with Crippen LogP contribution in [0.2, 0.25) is 0 Å². The minimum atomic E-state index is -0.528. The number of piperazine rings is 1. The number of carbonyl (C=O) groups is 2. The molecule has 2 aromatic rings. The van der Waals surface area contributed by atoms with Gasteiger partial charge in [0.15, 0.2) is 5.78 Å². The number of rotatable bonds is 6. The summed E-state index contributed by atoms with van der Waals surface area (Å²) < 4.78 is 13.6. The maximum absolute atomic E-state index is 13.6. The monoisotopic (exact) mass is 354 g/mol. The van der Waals surface area contributed by atoms with Crippen molar-refractivity contribution in [2.75, 3.05) is 26.2 Å². The molecular formula is C21H23FN2O2. The van der Waals surface area contributed by atoms with Gasteiger partial charge in [-0.3, -0.25) is 14.5 Å². The van der Waals surface area contributed by atoms with E-state index in [9.17, 15) is 14.0 Å². The predicted octanol–water partition coefficient (Wildman–Crippen LogP) is 3.13. The summed E-state index contributed by atoms with van der Waals surface area (Å²) in [6, 6.07) is 16.2. The highest BCUT2D eigenvalue weighted by Gasteiger charge is 2.22. The molecule has 0 N–H and O–H groups in total. The van der Waals surface area contributed by atoms with Gasteiger partial charge < -0.3 is 4.90 Å². The fourth-order valence-electron chi connectivity index (χ4n) is 3.20. The van der Waals surface area contributed by atoms with Crippen LogP contribution in [0.4, 0.5) is 4.39 Å². The smallest absolute Gasteiger partial charge is 0.223 e. The van der Waals surface area contributed by atoms with Gasteiger partial charge in [-0.1, -0.05) is 42.5 Å². The van der Waals surface area contributed by atoms with Crippen molar-refractivity contribution in [2.24, 2.45) is 0 Å². The molecule has 0 radical (unpaired) electrons. The average Bonchev–Trinajstić information content (AvgIpc) is 2.67. The summed E-state index contributed by atoms with van der Waals surface area (Å²) in [5.41, 5.74) is 1.33. The molecule has 2 aromatic carbocycles. The summed E-state index contributed by atoms with van der Waals surface area (Å²) in [5, 5.41) is 0. The number of nitrogens with zero attached hydrogens (tertiary/aromatic N) is 2. The van der Waals surface area contributed by atoms with Crippen molar-refractivity contribution in [1.29, 1.82) is 0 Å². The first-order chi connectivity index (χ1) is 12.6. The first-order valence-corrected chi connectivity index (χ1v) is 8.95. The van der Waals surface area contributed by atoms with E-state index in [1.54, 1.807) is 17.0 Å². The summed E-state index contributed by atoms with van der Waals surface area (Å²) in [6.07, 6.45) is 0.176. The normalized spacial score (nSPS) is 15.0. The lowest BCUT2D eigenvalue weighted by Gasteiger charge is -2.34. The second-order valence-electron chi connectivity index (χ2n) is 6.55. The molecule has 0 spiro atoms. The van der Waals surface area contributed by atoms with Crippen molar-refractivity contribution in [3.63, 3.8) is 0 Å². The summed E-state index contributed by atoms with van der Waals surface area (Å²) in [6.45, 7) is 3.86. The van der Waals surface area contributed by atoms with Gasteiger partial charge in [-0.2, -0.15) is 0 Å². The summed E-state index contributed by atoms with van der Waals surface area (Å²) in [7, 11) is 0. The zero-order valence-corrected chi connectivity index (χ0v) is 14.7. The fourth-order valence-corrected chi connectivity index (χ4v) is 3.20. The van der Waals surface area contributed by atoms with Crippen molar-refractivity contribution in [2.45, 2.75) is 19.4 Å². The Bertz CT molecular complexity index is 756. The minimum Gasteiger partial charge on any atom is -0.340 e. The van der Waals surface area contributed by atoms with E-state index in [4.69, 9.17) is 0 Å². The highest BCUT2D eigenvalue weighted by molar-refractivity contribution is 5.98. The summed E-state index contributed by atoms with van der Waals surface area (Å²) >= 11 is 0. The van der Waals surface area contributed by atoms with Gasteiger partial charge in [0.25, 0.3) is 0 Å². The zero-order chi connectivity index (χ0) is 18.4. The third-order valence-corrected chi connectivity index (χ3v) is 4.71. The second kappa shape index (κ2) is 8.72. The standard InChI is InChI=1S/C21H23FN2O2/c22-19-9-5-4-8-18(19)20(25)10-11-21(26)24-14-12-23(13-15-24)16-17-6-2-1-3-7-17/h1-9H,10-16H2. The Morgan fingerprint density at radius 2 is 1.50 bits per heavy atom. The van der Waals surface area contributed by atoms with Crippen molar-refractivity contribution in [1.82, 2.24) is 9.80 Å². The van der Waals surface area contributed by atoms with Crippen LogP contribution >= 0.6 is 0 Å². The van der Waals surface area contributed by atoms with Crippen LogP contribution in [0, 0.1) is 5.82 Å².